The largest absolute Gasteiger partial charge is 0.466 e. The standard InChI is InChI=1S/C19H24N3O6S2/c1-3-14-12-29-19(20-14)16(21-17(23)9-10-18(24)28-4-2)11-13-5-7-15(8-6-13)22-30(25,26)27/h5,7-8,12,16,22H,3-4,9-11H2,1-2H3,(H,21,23)(H,25,26,27). The number of aryl methyl sites for hydroxylation is 1. The van der Waals surface area contributed by atoms with Crippen LogP contribution in [0, 0.1) is 6.07 Å². The highest BCUT2D eigenvalue weighted by atomic mass is 32.2. The summed E-state index contributed by atoms with van der Waals surface area (Å²) in [4.78, 5) is 28.4. The molecule has 0 fully saturated rings. The van der Waals surface area contributed by atoms with Crippen LogP contribution in [0.2, 0.25) is 0 Å². The minimum Gasteiger partial charge on any atom is -0.466 e. The van der Waals surface area contributed by atoms with Crippen molar-refractivity contribution >= 4 is 39.2 Å². The van der Waals surface area contributed by atoms with Crippen LogP contribution in [0.25, 0.3) is 0 Å². The van der Waals surface area contributed by atoms with Crippen LogP contribution >= 0.6 is 11.3 Å². The number of esters is 1. The summed E-state index contributed by atoms with van der Waals surface area (Å²) in [7, 11) is -4.36. The van der Waals surface area contributed by atoms with Crippen LogP contribution in [0.1, 0.15) is 49.0 Å². The lowest BCUT2D eigenvalue weighted by molar-refractivity contribution is -0.144. The Bertz CT molecular complexity index is 957. The maximum absolute atomic E-state index is 12.4. The third-order valence-electron chi connectivity index (χ3n) is 3.97. The highest BCUT2D eigenvalue weighted by Gasteiger charge is 2.20. The molecule has 2 aromatic rings. The topological polar surface area (TPSA) is 135 Å². The second-order valence-electron chi connectivity index (χ2n) is 6.34. The zero-order chi connectivity index (χ0) is 22.1. The van der Waals surface area contributed by atoms with E-state index in [2.05, 4.69) is 16.4 Å². The number of anilines is 1. The third-order valence-corrected chi connectivity index (χ3v) is 5.48. The van der Waals surface area contributed by atoms with Gasteiger partial charge >= 0.3 is 16.3 Å². The van der Waals surface area contributed by atoms with Crippen LogP contribution in [-0.4, -0.2) is 36.4 Å². The summed E-state index contributed by atoms with van der Waals surface area (Å²) in [6, 6.07) is 7.02. The molecule has 0 saturated carbocycles. The number of aromatic nitrogens is 1. The molecule has 30 heavy (non-hydrogen) atoms. The summed E-state index contributed by atoms with van der Waals surface area (Å²) in [6.07, 6.45) is 1.13. The van der Waals surface area contributed by atoms with E-state index in [1.54, 1.807) is 13.0 Å². The van der Waals surface area contributed by atoms with Crippen molar-refractivity contribution in [2.45, 2.75) is 45.6 Å². The van der Waals surface area contributed by atoms with E-state index in [-0.39, 0.29) is 31.0 Å². The zero-order valence-electron chi connectivity index (χ0n) is 16.7. The van der Waals surface area contributed by atoms with Gasteiger partial charge in [0.25, 0.3) is 0 Å². The molecule has 0 bridgehead atoms. The number of hydrogen-bond donors (Lipinski definition) is 3. The molecule has 9 nitrogen and oxygen atoms in total. The number of carbonyl (C=O) groups is 2. The van der Waals surface area contributed by atoms with E-state index in [4.69, 9.17) is 9.29 Å². The smallest absolute Gasteiger partial charge is 0.357 e. The highest BCUT2D eigenvalue weighted by Crippen LogP contribution is 2.24. The third kappa shape index (κ3) is 8.09. The van der Waals surface area contributed by atoms with E-state index in [1.165, 1.54) is 23.5 Å². The molecule has 11 heteroatoms. The second-order valence-corrected chi connectivity index (χ2v) is 8.38. The predicted octanol–water partition coefficient (Wildman–Crippen LogP) is 2.46. The van der Waals surface area contributed by atoms with Gasteiger partial charge in [0, 0.05) is 11.8 Å². The van der Waals surface area contributed by atoms with E-state index in [0.717, 1.165) is 17.1 Å². The summed E-state index contributed by atoms with van der Waals surface area (Å²) in [5.74, 6) is -0.729. The predicted molar refractivity (Wildman–Crippen MR) is 112 cm³/mol. The van der Waals surface area contributed by atoms with Crippen LogP contribution < -0.4 is 10.0 Å². The number of rotatable bonds is 11. The van der Waals surface area contributed by atoms with Gasteiger partial charge in [-0.15, -0.1) is 11.3 Å². The van der Waals surface area contributed by atoms with Crippen LogP contribution in [-0.2, 0) is 37.5 Å². The lowest BCUT2D eigenvalue weighted by Crippen LogP contribution is -2.30. The van der Waals surface area contributed by atoms with Crippen molar-refractivity contribution in [3.8, 4) is 0 Å². The fourth-order valence-corrected chi connectivity index (χ4v) is 3.95. The first-order valence-corrected chi connectivity index (χ1v) is 11.7. The molecule has 1 atom stereocenters. The average Bonchev–Trinajstić information content (AvgIpc) is 3.16. The molecule has 0 aliphatic carbocycles. The maximum atomic E-state index is 12.4. The minimum atomic E-state index is -4.36. The molecule has 3 N–H and O–H groups in total. The van der Waals surface area contributed by atoms with Gasteiger partial charge in [-0.25, -0.2) is 4.98 Å². The fourth-order valence-electron chi connectivity index (χ4n) is 2.58. The summed E-state index contributed by atoms with van der Waals surface area (Å²) >= 11 is 1.43. The van der Waals surface area contributed by atoms with Gasteiger partial charge in [0.05, 0.1) is 30.5 Å². The molecule has 1 unspecified atom stereocenters. The van der Waals surface area contributed by atoms with E-state index in [9.17, 15) is 18.0 Å². The van der Waals surface area contributed by atoms with Gasteiger partial charge in [0.15, 0.2) is 0 Å². The molecule has 1 aromatic heterocycles. The van der Waals surface area contributed by atoms with E-state index in [1.807, 2.05) is 17.0 Å². The van der Waals surface area contributed by atoms with Gasteiger partial charge < -0.3 is 10.1 Å². The fraction of sp³-hybridized carbons (Fsp3) is 0.421. The SMILES string of the molecule is CCOC(=O)CCC(=O)NC(Cc1[c]cc(NS(=O)(=O)O)cc1)c1nc(CC)cs1. The summed E-state index contributed by atoms with van der Waals surface area (Å²) in [6.45, 7) is 3.95. The van der Waals surface area contributed by atoms with Gasteiger partial charge in [-0.3, -0.25) is 18.9 Å². The molecule has 0 aliphatic rings. The van der Waals surface area contributed by atoms with Gasteiger partial charge in [0.1, 0.15) is 5.01 Å². The van der Waals surface area contributed by atoms with Crippen molar-refractivity contribution in [3.05, 3.63) is 45.9 Å². The van der Waals surface area contributed by atoms with Gasteiger partial charge in [0.2, 0.25) is 5.91 Å². The zero-order valence-corrected chi connectivity index (χ0v) is 18.3. The molecular weight excluding hydrogens is 430 g/mol. The highest BCUT2D eigenvalue weighted by molar-refractivity contribution is 7.87. The molecule has 2 rings (SSSR count). The Kier molecular flexibility index (Phi) is 8.75. The first-order chi connectivity index (χ1) is 14.2. The van der Waals surface area contributed by atoms with Gasteiger partial charge in [-0.05, 0) is 43.5 Å². The molecule has 0 saturated heterocycles. The maximum Gasteiger partial charge on any atom is 0.357 e. The average molecular weight is 455 g/mol. The number of nitrogens with one attached hydrogen (secondary N) is 2. The summed E-state index contributed by atoms with van der Waals surface area (Å²) in [5.41, 5.74) is 1.79. The summed E-state index contributed by atoms with van der Waals surface area (Å²) < 4.78 is 37.4. The monoisotopic (exact) mass is 454 g/mol. The van der Waals surface area contributed by atoms with E-state index >= 15 is 0 Å². The van der Waals surface area contributed by atoms with Crippen molar-refractivity contribution in [1.29, 1.82) is 0 Å². The Balaban J connectivity index is 2.10. The Morgan fingerprint density at radius 2 is 2.07 bits per heavy atom. The molecule has 1 radical (unpaired) electrons. The first-order valence-electron chi connectivity index (χ1n) is 9.35. The summed E-state index contributed by atoms with van der Waals surface area (Å²) in [5, 5.41) is 5.55. The van der Waals surface area contributed by atoms with Crippen molar-refractivity contribution in [3.63, 3.8) is 0 Å². The molecule has 1 amide bonds. The molecule has 0 aliphatic heterocycles. The number of amides is 1. The Morgan fingerprint density at radius 1 is 1.30 bits per heavy atom. The Hall–Kier alpha value is -2.50. The van der Waals surface area contributed by atoms with Gasteiger partial charge in [-0.1, -0.05) is 13.0 Å². The molecule has 0 spiro atoms. The molecule has 1 heterocycles. The van der Waals surface area contributed by atoms with Crippen molar-refractivity contribution < 1.29 is 27.3 Å². The molecule has 163 valence electrons. The number of nitrogens with zero attached hydrogens (tertiary/aromatic N) is 1. The Labute approximate surface area is 179 Å². The lowest BCUT2D eigenvalue weighted by Gasteiger charge is -2.17. The van der Waals surface area contributed by atoms with Crippen molar-refractivity contribution in [2.75, 3.05) is 11.3 Å². The van der Waals surface area contributed by atoms with Crippen molar-refractivity contribution in [1.82, 2.24) is 10.3 Å². The van der Waals surface area contributed by atoms with Crippen LogP contribution in [0.5, 0.6) is 0 Å². The van der Waals surface area contributed by atoms with E-state index < -0.39 is 22.3 Å². The van der Waals surface area contributed by atoms with Crippen LogP contribution in [0.3, 0.4) is 0 Å². The first kappa shape index (κ1) is 23.8. The Morgan fingerprint density at radius 3 is 2.63 bits per heavy atom. The number of benzene rings is 1. The number of carbonyl (C=O) groups excluding carboxylic acids is 2. The quantitative estimate of drug-likeness (QED) is 0.351. The normalized spacial score (nSPS) is 12.2. The van der Waals surface area contributed by atoms with Crippen molar-refractivity contribution in [2.24, 2.45) is 0 Å². The lowest BCUT2D eigenvalue weighted by atomic mass is 10.1. The number of ether oxygens (including phenoxy) is 1. The van der Waals surface area contributed by atoms with Crippen LogP contribution in [0.15, 0.2) is 23.6 Å². The second kappa shape index (κ2) is 11.0. The number of thiazole rings is 1. The van der Waals surface area contributed by atoms with Gasteiger partial charge in [-0.2, -0.15) is 8.42 Å². The molecule has 1 aromatic carbocycles. The van der Waals surface area contributed by atoms with Crippen LogP contribution in [0.4, 0.5) is 5.69 Å². The number of hydrogen-bond acceptors (Lipinski definition) is 7. The minimum absolute atomic E-state index is 0.00226. The molecular formula is C19H24N3O6S2. The van der Waals surface area contributed by atoms with E-state index in [0.29, 0.717) is 12.0 Å².